The van der Waals surface area contributed by atoms with Gasteiger partial charge in [0.2, 0.25) is 11.8 Å². The molecule has 2 amide bonds. The molecule has 1 fully saturated rings. The summed E-state index contributed by atoms with van der Waals surface area (Å²) in [6.07, 6.45) is 0.0137. The molecule has 3 rings (SSSR count). The third kappa shape index (κ3) is 5.14. The number of amides is 2. The zero-order valence-corrected chi connectivity index (χ0v) is 16.9. The number of piperazine rings is 1. The molecule has 0 unspecified atom stereocenters. The number of halogens is 1. The maximum atomic E-state index is 14.4. The number of hydrogen-bond acceptors (Lipinski definition) is 5. The minimum absolute atomic E-state index is 0.0137. The number of carbonyl (C=O) groups excluding carboxylic acids is 2. The van der Waals surface area contributed by atoms with Gasteiger partial charge in [-0.1, -0.05) is 6.07 Å². The molecule has 8 heteroatoms. The summed E-state index contributed by atoms with van der Waals surface area (Å²) in [5.41, 5.74) is 0.456. The number of methoxy groups -OCH3 is 1. The standard InChI is InChI=1S/C21H26FN3O4/c1-14-4-6-17(29-14)13-24(2)20(26)11-19-21(27)23-8-9-25(19)12-15-5-7-16(28-3)10-18(15)22/h4-7,10,19H,8-9,11-13H2,1-3H3,(H,23,27)/t19-/m1/s1. The molecule has 0 bridgehead atoms. The number of hydrogen-bond donors (Lipinski definition) is 1. The van der Waals surface area contributed by atoms with E-state index in [2.05, 4.69) is 5.32 Å². The van der Waals surface area contributed by atoms with E-state index in [1.807, 2.05) is 24.0 Å². The van der Waals surface area contributed by atoms with Gasteiger partial charge in [0.25, 0.3) is 0 Å². The fourth-order valence-corrected chi connectivity index (χ4v) is 3.39. The van der Waals surface area contributed by atoms with Gasteiger partial charge in [-0.2, -0.15) is 0 Å². The van der Waals surface area contributed by atoms with Crippen LogP contribution in [0.15, 0.2) is 34.7 Å². The molecule has 0 saturated carbocycles. The zero-order valence-electron chi connectivity index (χ0n) is 16.9. The van der Waals surface area contributed by atoms with Crippen molar-refractivity contribution in [1.29, 1.82) is 0 Å². The molecule has 1 atom stereocenters. The van der Waals surface area contributed by atoms with Crippen LogP contribution in [0.2, 0.25) is 0 Å². The molecule has 2 aromatic rings. The summed E-state index contributed by atoms with van der Waals surface area (Å²) in [7, 11) is 3.15. The summed E-state index contributed by atoms with van der Waals surface area (Å²) >= 11 is 0. The molecule has 1 N–H and O–H groups in total. The molecule has 0 aliphatic carbocycles. The number of nitrogens with one attached hydrogen (secondary N) is 1. The molecule has 1 saturated heterocycles. The van der Waals surface area contributed by atoms with Crippen molar-refractivity contribution in [3.8, 4) is 5.75 Å². The highest BCUT2D eigenvalue weighted by atomic mass is 19.1. The maximum absolute atomic E-state index is 14.4. The van der Waals surface area contributed by atoms with Gasteiger partial charge in [-0.15, -0.1) is 0 Å². The van der Waals surface area contributed by atoms with Crippen molar-refractivity contribution in [2.45, 2.75) is 32.5 Å². The van der Waals surface area contributed by atoms with E-state index in [1.165, 1.54) is 18.1 Å². The van der Waals surface area contributed by atoms with Crippen molar-refractivity contribution in [1.82, 2.24) is 15.1 Å². The van der Waals surface area contributed by atoms with Crippen LogP contribution in [-0.2, 0) is 22.7 Å². The molecule has 1 aliphatic rings. The van der Waals surface area contributed by atoms with Crippen molar-refractivity contribution in [2.24, 2.45) is 0 Å². The lowest BCUT2D eigenvalue weighted by molar-refractivity contribution is -0.138. The largest absolute Gasteiger partial charge is 0.497 e. The van der Waals surface area contributed by atoms with Gasteiger partial charge in [0, 0.05) is 38.3 Å². The number of ether oxygens (including phenoxy) is 1. The summed E-state index contributed by atoms with van der Waals surface area (Å²) in [5, 5.41) is 2.79. The Hall–Kier alpha value is -2.87. The number of rotatable bonds is 7. The summed E-state index contributed by atoms with van der Waals surface area (Å²) in [5.74, 6) is 1.10. The highest BCUT2D eigenvalue weighted by molar-refractivity contribution is 5.88. The van der Waals surface area contributed by atoms with E-state index >= 15 is 0 Å². The van der Waals surface area contributed by atoms with Gasteiger partial charge in [-0.3, -0.25) is 14.5 Å². The number of benzene rings is 1. The predicted molar refractivity (Wildman–Crippen MR) is 105 cm³/mol. The monoisotopic (exact) mass is 403 g/mol. The van der Waals surface area contributed by atoms with Crippen LogP contribution < -0.4 is 10.1 Å². The maximum Gasteiger partial charge on any atom is 0.237 e. The third-order valence-electron chi connectivity index (χ3n) is 5.06. The van der Waals surface area contributed by atoms with Gasteiger partial charge in [0.15, 0.2) is 0 Å². The second-order valence-corrected chi connectivity index (χ2v) is 7.20. The van der Waals surface area contributed by atoms with Crippen LogP contribution in [0.25, 0.3) is 0 Å². The first-order valence-electron chi connectivity index (χ1n) is 9.51. The minimum Gasteiger partial charge on any atom is -0.497 e. The molecule has 1 aliphatic heterocycles. The second kappa shape index (κ2) is 9.09. The Morgan fingerprint density at radius 3 is 2.83 bits per heavy atom. The normalized spacial score (nSPS) is 17.1. The lowest BCUT2D eigenvalue weighted by Crippen LogP contribution is -2.56. The Morgan fingerprint density at radius 1 is 1.38 bits per heavy atom. The summed E-state index contributed by atoms with van der Waals surface area (Å²) in [6.45, 7) is 3.41. The fourth-order valence-electron chi connectivity index (χ4n) is 3.39. The van der Waals surface area contributed by atoms with Gasteiger partial charge in [-0.25, -0.2) is 4.39 Å². The van der Waals surface area contributed by atoms with Gasteiger partial charge in [0.05, 0.1) is 26.1 Å². The minimum atomic E-state index is -0.654. The molecular weight excluding hydrogens is 377 g/mol. The molecule has 156 valence electrons. The van der Waals surface area contributed by atoms with Gasteiger partial charge in [0.1, 0.15) is 23.1 Å². The Morgan fingerprint density at radius 2 is 2.17 bits per heavy atom. The lowest BCUT2D eigenvalue weighted by atomic mass is 10.1. The van der Waals surface area contributed by atoms with Crippen LogP contribution in [0, 0.1) is 12.7 Å². The predicted octanol–water partition coefficient (Wildman–Crippen LogP) is 2.08. The summed E-state index contributed by atoms with van der Waals surface area (Å²) in [6, 6.07) is 7.66. The van der Waals surface area contributed by atoms with Crippen molar-refractivity contribution in [2.75, 3.05) is 27.2 Å². The van der Waals surface area contributed by atoms with Crippen LogP contribution in [0.3, 0.4) is 0 Å². The molecule has 29 heavy (non-hydrogen) atoms. The second-order valence-electron chi connectivity index (χ2n) is 7.20. The summed E-state index contributed by atoms with van der Waals surface area (Å²) < 4.78 is 24.9. The van der Waals surface area contributed by atoms with E-state index in [4.69, 9.17) is 9.15 Å². The Bertz CT molecular complexity index is 883. The topological polar surface area (TPSA) is 75.0 Å². The lowest BCUT2D eigenvalue weighted by Gasteiger charge is -2.35. The molecule has 1 aromatic heterocycles. The molecule has 7 nitrogen and oxygen atoms in total. The number of nitrogens with zero attached hydrogens (tertiary/aromatic N) is 2. The average Bonchev–Trinajstić information content (AvgIpc) is 3.10. The smallest absolute Gasteiger partial charge is 0.237 e. The van der Waals surface area contributed by atoms with Gasteiger partial charge in [-0.05, 0) is 25.1 Å². The number of aryl methyl sites for hydroxylation is 1. The van der Waals surface area contributed by atoms with Crippen LogP contribution >= 0.6 is 0 Å². The van der Waals surface area contributed by atoms with Crippen LogP contribution in [-0.4, -0.2) is 54.9 Å². The number of furan rings is 1. The van der Waals surface area contributed by atoms with Crippen molar-refractivity contribution in [3.63, 3.8) is 0 Å². The highest BCUT2D eigenvalue weighted by Gasteiger charge is 2.33. The van der Waals surface area contributed by atoms with Crippen LogP contribution in [0.5, 0.6) is 5.75 Å². The van der Waals surface area contributed by atoms with Crippen LogP contribution in [0.1, 0.15) is 23.5 Å². The van der Waals surface area contributed by atoms with Crippen LogP contribution in [0.4, 0.5) is 4.39 Å². The molecule has 1 aromatic carbocycles. The quantitative estimate of drug-likeness (QED) is 0.766. The molecule has 2 heterocycles. The van der Waals surface area contributed by atoms with Crippen molar-refractivity contribution >= 4 is 11.8 Å². The fraction of sp³-hybridized carbons (Fsp3) is 0.429. The van der Waals surface area contributed by atoms with Gasteiger partial charge >= 0.3 is 0 Å². The third-order valence-corrected chi connectivity index (χ3v) is 5.06. The first kappa shape index (κ1) is 20.9. The van der Waals surface area contributed by atoms with E-state index in [1.54, 1.807) is 19.2 Å². The van der Waals surface area contributed by atoms with E-state index < -0.39 is 11.9 Å². The van der Waals surface area contributed by atoms with Gasteiger partial charge < -0.3 is 19.4 Å². The Balaban J connectivity index is 1.67. The highest BCUT2D eigenvalue weighted by Crippen LogP contribution is 2.21. The van der Waals surface area contributed by atoms with Crippen molar-refractivity contribution < 1.29 is 23.1 Å². The Kier molecular flexibility index (Phi) is 6.53. The average molecular weight is 403 g/mol. The first-order chi connectivity index (χ1) is 13.9. The number of carbonyl (C=O) groups is 2. The van der Waals surface area contributed by atoms with E-state index in [0.717, 1.165) is 5.76 Å². The molecular formula is C21H26FN3O4. The zero-order chi connectivity index (χ0) is 21.0. The van der Waals surface area contributed by atoms with E-state index in [9.17, 15) is 14.0 Å². The Labute approximate surface area is 169 Å². The van der Waals surface area contributed by atoms with E-state index in [-0.39, 0.29) is 24.8 Å². The molecule has 0 spiro atoms. The SMILES string of the molecule is COc1ccc(CN2CCNC(=O)[C@H]2CC(=O)N(C)Cc2ccc(C)o2)c(F)c1. The van der Waals surface area contributed by atoms with E-state index in [0.29, 0.717) is 36.7 Å². The van der Waals surface area contributed by atoms with Crippen molar-refractivity contribution in [3.05, 3.63) is 53.2 Å². The summed E-state index contributed by atoms with van der Waals surface area (Å²) in [4.78, 5) is 28.5. The first-order valence-corrected chi connectivity index (χ1v) is 9.51. The molecule has 0 radical (unpaired) electrons.